The zero-order valence-corrected chi connectivity index (χ0v) is 10.00. The number of likely N-dealkylation sites (N-methyl/N-ethyl adjacent to an activating group) is 1. The van der Waals surface area contributed by atoms with Gasteiger partial charge in [0.15, 0.2) is 0 Å². The summed E-state index contributed by atoms with van der Waals surface area (Å²) in [4.78, 5) is 13.2. The average Bonchev–Trinajstić information content (AvgIpc) is 2.86. The van der Waals surface area contributed by atoms with Crippen molar-refractivity contribution >= 4 is 22.3 Å². The molecule has 16 heavy (non-hydrogen) atoms. The highest BCUT2D eigenvalue weighted by Gasteiger charge is 2.18. The van der Waals surface area contributed by atoms with Gasteiger partial charge in [0.1, 0.15) is 4.88 Å². The first-order valence-corrected chi connectivity index (χ1v) is 6.14. The van der Waals surface area contributed by atoms with Crippen molar-refractivity contribution in [1.29, 1.82) is 0 Å². The molecule has 0 bridgehead atoms. The Morgan fingerprint density at radius 3 is 3.06 bits per heavy atom. The van der Waals surface area contributed by atoms with Gasteiger partial charge in [0.25, 0.3) is 0 Å². The summed E-state index contributed by atoms with van der Waals surface area (Å²) in [7, 11) is 1.97. The van der Waals surface area contributed by atoms with E-state index in [1.165, 1.54) is 11.3 Å². The van der Waals surface area contributed by atoms with Gasteiger partial charge in [-0.2, -0.15) is 0 Å². The molecule has 2 heterocycles. The molecule has 0 amide bonds. The van der Waals surface area contributed by atoms with Crippen molar-refractivity contribution in [1.82, 2.24) is 0 Å². The third-order valence-corrected chi connectivity index (χ3v) is 3.87. The van der Waals surface area contributed by atoms with Gasteiger partial charge in [-0.3, -0.25) is 0 Å². The molecule has 1 fully saturated rings. The molecule has 0 saturated carbocycles. The number of ether oxygens (including phenoxy) is 1. The van der Waals surface area contributed by atoms with E-state index in [0.29, 0.717) is 11.0 Å². The third kappa shape index (κ3) is 2.54. The van der Waals surface area contributed by atoms with Crippen molar-refractivity contribution in [2.75, 3.05) is 25.1 Å². The minimum absolute atomic E-state index is 0.292. The first-order chi connectivity index (χ1) is 7.66. The number of aromatic carboxylic acids is 1. The lowest BCUT2D eigenvalue weighted by atomic mass is 10.2. The van der Waals surface area contributed by atoms with Gasteiger partial charge in [-0.15, -0.1) is 11.3 Å². The van der Waals surface area contributed by atoms with Crippen LogP contribution in [0.15, 0.2) is 12.1 Å². The van der Waals surface area contributed by atoms with Crippen LogP contribution in [0.3, 0.4) is 0 Å². The molecule has 0 radical (unpaired) electrons. The number of nitrogens with zero attached hydrogens (tertiary/aromatic N) is 1. The second kappa shape index (κ2) is 4.84. The molecule has 1 unspecified atom stereocenters. The molecule has 0 spiro atoms. The standard InChI is InChI=1S/C11H15NO3S/c1-12(7-8-3-2-6-15-8)10-5-4-9(16-10)11(13)14/h4-5,8H,2-3,6-7H2,1H3,(H,13,14). The lowest BCUT2D eigenvalue weighted by Gasteiger charge is -2.20. The Bertz CT molecular complexity index is 371. The van der Waals surface area contributed by atoms with E-state index >= 15 is 0 Å². The lowest BCUT2D eigenvalue weighted by molar-refractivity contribution is 0.0702. The molecule has 1 aliphatic rings. The van der Waals surface area contributed by atoms with Crippen LogP contribution in [0.2, 0.25) is 0 Å². The number of carboxylic acid groups (broad SMARTS) is 1. The molecular formula is C11H15NO3S. The normalized spacial score (nSPS) is 19.9. The molecule has 1 aromatic rings. The predicted octanol–water partition coefficient (Wildman–Crippen LogP) is 2.06. The summed E-state index contributed by atoms with van der Waals surface area (Å²) < 4.78 is 5.55. The SMILES string of the molecule is CN(CC1CCCO1)c1ccc(C(=O)O)s1. The molecule has 1 N–H and O–H groups in total. The third-order valence-electron chi connectivity index (χ3n) is 2.68. The molecule has 4 nitrogen and oxygen atoms in total. The number of hydrogen-bond acceptors (Lipinski definition) is 4. The van der Waals surface area contributed by atoms with E-state index in [1.54, 1.807) is 6.07 Å². The summed E-state index contributed by atoms with van der Waals surface area (Å²) in [6.45, 7) is 1.68. The zero-order valence-electron chi connectivity index (χ0n) is 9.18. The van der Waals surface area contributed by atoms with Gasteiger partial charge in [0, 0.05) is 20.2 Å². The van der Waals surface area contributed by atoms with Crippen LogP contribution in [0.25, 0.3) is 0 Å². The van der Waals surface area contributed by atoms with E-state index in [9.17, 15) is 4.79 Å². The Hall–Kier alpha value is -1.07. The average molecular weight is 241 g/mol. The highest BCUT2D eigenvalue weighted by Crippen LogP contribution is 2.26. The lowest BCUT2D eigenvalue weighted by Crippen LogP contribution is -2.27. The van der Waals surface area contributed by atoms with Crippen LogP contribution in [0.1, 0.15) is 22.5 Å². The Labute approximate surface area is 98.4 Å². The van der Waals surface area contributed by atoms with Crippen LogP contribution in [-0.2, 0) is 4.74 Å². The van der Waals surface area contributed by atoms with Crippen molar-refractivity contribution in [2.45, 2.75) is 18.9 Å². The van der Waals surface area contributed by atoms with Crippen molar-refractivity contribution < 1.29 is 14.6 Å². The first-order valence-electron chi connectivity index (χ1n) is 5.32. The topological polar surface area (TPSA) is 49.8 Å². The molecule has 1 saturated heterocycles. The minimum atomic E-state index is -0.859. The highest BCUT2D eigenvalue weighted by atomic mass is 32.1. The summed E-state index contributed by atoms with van der Waals surface area (Å²) in [5, 5.41) is 9.81. The molecule has 1 atom stereocenters. The van der Waals surface area contributed by atoms with Crippen LogP contribution >= 0.6 is 11.3 Å². The summed E-state index contributed by atoms with van der Waals surface area (Å²) in [6.07, 6.45) is 2.52. The van der Waals surface area contributed by atoms with E-state index in [2.05, 4.69) is 4.90 Å². The quantitative estimate of drug-likeness (QED) is 0.876. The highest BCUT2D eigenvalue weighted by molar-refractivity contribution is 7.17. The van der Waals surface area contributed by atoms with Crippen LogP contribution in [0, 0.1) is 0 Å². The molecule has 0 aliphatic carbocycles. The maximum absolute atomic E-state index is 10.7. The van der Waals surface area contributed by atoms with E-state index in [-0.39, 0.29) is 0 Å². The van der Waals surface area contributed by atoms with Crippen molar-refractivity contribution in [3.63, 3.8) is 0 Å². The van der Waals surface area contributed by atoms with E-state index in [0.717, 1.165) is 31.0 Å². The maximum Gasteiger partial charge on any atom is 0.345 e. The molecule has 0 aromatic carbocycles. The summed E-state index contributed by atoms with van der Waals surface area (Å²) in [6, 6.07) is 3.50. The number of carbonyl (C=O) groups is 1. The Morgan fingerprint density at radius 2 is 2.50 bits per heavy atom. The summed E-state index contributed by atoms with van der Waals surface area (Å²) in [5.41, 5.74) is 0. The maximum atomic E-state index is 10.7. The van der Waals surface area contributed by atoms with Crippen LogP contribution < -0.4 is 4.90 Å². The van der Waals surface area contributed by atoms with Crippen molar-refractivity contribution in [2.24, 2.45) is 0 Å². The van der Waals surface area contributed by atoms with Gasteiger partial charge < -0.3 is 14.7 Å². The van der Waals surface area contributed by atoms with Crippen LogP contribution in [-0.4, -0.2) is 37.4 Å². The monoisotopic (exact) mass is 241 g/mol. The molecule has 2 rings (SSSR count). The second-order valence-electron chi connectivity index (χ2n) is 3.96. The van der Waals surface area contributed by atoms with Gasteiger partial charge in [-0.05, 0) is 25.0 Å². The van der Waals surface area contributed by atoms with Gasteiger partial charge >= 0.3 is 5.97 Å². The molecule has 88 valence electrons. The fraction of sp³-hybridized carbons (Fsp3) is 0.545. The second-order valence-corrected chi connectivity index (χ2v) is 5.02. The Morgan fingerprint density at radius 1 is 1.69 bits per heavy atom. The number of carboxylic acids is 1. The molecule has 1 aliphatic heterocycles. The smallest absolute Gasteiger partial charge is 0.345 e. The number of anilines is 1. The Balaban J connectivity index is 1.96. The van der Waals surface area contributed by atoms with Gasteiger partial charge in [-0.25, -0.2) is 4.79 Å². The largest absolute Gasteiger partial charge is 0.477 e. The molecule has 1 aromatic heterocycles. The van der Waals surface area contributed by atoms with E-state index in [1.807, 2.05) is 13.1 Å². The number of rotatable bonds is 4. The summed E-state index contributed by atoms with van der Waals surface area (Å²) in [5.74, 6) is -0.859. The van der Waals surface area contributed by atoms with Crippen LogP contribution in [0.4, 0.5) is 5.00 Å². The van der Waals surface area contributed by atoms with Gasteiger partial charge in [0.05, 0.1) is 11.1 Å². The predicted molar refractivity (Wildman–Crippen MR) is 63.5 cm³/mol. The van der Waals surface area contributed by atoms with E-state index in [4.69, 9.17) is 9.84 Å². The Kier molecular flexibility index (Phi) is 3.46. The fourth-order valence-corrected chi connectivity index (χ4v) is 2.65. The van der Waals surface area contributed by atoms with Gasteiger partial charge in [-0.1, -0.05) is 0 Å². The van der Waals surface area contributed by atoms with Crippen molar-refractivity contribution in [3.8, 4) is 0 Å². The fourth-order valence-electron chi connectivity index (χ4n) is 1.83. The number of thiophene rings is 1. The first kappa shape index (κ1) is 11.4. The minimum Gasteiger partial charge on any atom is -0.477 e. The number of hydrogen-bond donors (Lipinski definition) is 1. The van der Waals surface area contributed by atoms with E-state index < -0.39 is 5.97 Å². The van der Waals surface area contributed by atoms with Crippen LogP contribution in [0.5, 0.6) is 0 Å². The van der Waals surface area contributed by atoms with Gasteiger partial charge in [0.2, 0.25) is 0 Å². The zero-order chi connectivity index (χ0) is 11.5. The molecular weight excluding hydrogens is 226 g/mol. The molecule has 5 heteroatoms. The van der Waals surface area contributed by atoms with Crippen molar-refractivity contribution in [3.05, 3.63) is 17.0 Å². The summed E-state index contributed by atoms with van der Waals surface area (Å²) >= 11 is 1.30.